The fourth-order valence-corrected chi connectivity index (χ4v) is 3.43. The maximum absolute atomic E-state index is 13.1. The van der Waals surface area contributed by atoms with Gasteiger partial charge in [-0.15, -0.1) is 13.2 Å². The average molecular weight is 417 g/mol. The van der Waals surface area contributed by atoms with Gasteiger partial charge in [-0.3, -0.25) is 4.79 Å². The van der Waals surface area contributed by atoms with E-state index in [4.69, 9.17) is 4.74 Å². The van der Waals surface area contributed by atoms with Gasteiger partial charge in [0.2, 0.25) is 0 Å². The molecule has 1 saturated heterocycles. The second-order valence-corrected chi connectivity index (χ2v) is 6.85. The van der Waals surface area contributed by atoms with Crippen LogP contribution in [0.1, 0.15) is 23.7 Å². The summed E-state index contributed by atoms with van der Waals surface area (Å²) < 4.78 is 46.7. The summed E-state index contributed by atoms with van der Waals surface area (Å²) in [7, 11) is 0. The minimum Gasteiger partial charge on any atom is -0.491 e. The minimum absolute atomic E-state index is 0.163. The van der Waals surface area contributed by atoms with Gasteiger partial charge in [0, 0.05) is 18.3 Å². The van der Waals surface area contributed by atoms with E-state index in [1.165, 1.54) is 12.1 Å². The topological polar surface area (TPSA) is 64.6 Å². The van der Waals surface area contributed by atoms with Crippen molar-refractivity contribution in [2.45, 2.75) is 25.2 Å². The molecule has 0 spiro atoms. The van der Waals surface area contributed by atoms with E-state index >= 15 is 0 Å². The molecule has 1 amide bonds. The normalized spacial score (nSPS) is 19.2. The zero-order chi connectivity index (χ0) is 21.1. The number of amides is 1. The number of halogens is 3. The molecule has 0 bridgehead atoms. The molecule has 1 fully saturated rings. The van der Waals surface area contributed by atoms with Crippen LogP contribution < -0.4 is 4.74 Å². The summed E-state index contributed by atoms with van der Waals surface area (Å²) in [4.78, 5) is 23.1. The van der Waals surface area contributed by atoms with Crippen molar-refractivity contribution in [1.29, 1.82) is 0 Å². The van der Waals surface area contributed by atoms with Gasteiger partial charge in [-0.25, -0.2) is 9.97 Å². The zero-order valence-corrected chi connectivity index (χ0v) is 15.8. The van der Waals surface area contributed by atoms with Crippen molar-refractivity contribution in [2.75, 3.05) is 13.2 Å². The van der Waals surface area contributed by atoms with Gasteiger partial charge in [0.25, 0.3) is 5.91 Å². The number of benzene rings is 1. The summed E-state index contributed by atoms with van der Waals surface area (Å²) in [6, 6.07) is 7.38. The molecular weight excluding hydrogens is 399 g/mol. The predicted molar refractivity (Wildman–Crippen MR) is 100 cm³/mol. The molecule has 6 nitrogen and oxygen atoms in total. The van der Waals surface area contributed by atoms with Crippen LogP contribution in [0.5, 0.6) is 5.75 Å². The van der Waals surface area contributed by atoms with Crippen LogP contribution in [0, 0.1) is 0 Å². The molecule has 1 aromatic heterocycles. The number of rotatable bonds is 4. The number of carbonyl (C=O) groups excluding carboxylic acids is 1. The van der Waals surface area contributed by atoms with Gasteiger partial charge in [0.15, 0.2) is 0 Å². The number of alkyl halides is 3. The lowest BCUT2D eigenvalue weighted by Crippen LogP contribution is -2.33. The molecule has 9 heteroatoms. The molecule has 1 aliphatic carbocycles. The number of allylic oxidation sites excluding steroid dienone is 2. The third-order valence-electron chi connectivity index (χ3n) is 4.82. The first kappa shape index (κ1) is 19.9. The molecule has 2 aliphatic rings. The maximum atomic E-state index is 13.1. The largest absolute Gasteiger partial charge is 0.573 e. The van der Waals surface area contributed by atoms with Gasteiger partial charge in [-0.05, 0) is 36.3 Å². The third-order valence-corrected chi connectivity index (χ3v) is 4.82. The highest BCUT2D eigenvalue weighted by Crippen LogP contribution is 2.34. The summed E-state index contributed by atoms with van der Waals surface area (Å²) in [5, 5.41) is 0. The molecule has 2 aromatic rings. The fraction of sp³-hybridized carbons (Fsp3) is 0.286. The maximum Gasteiger partial charge on any atom is 0.573 e. The highest BCUT2D eigenvalue weighted by Gasteiger charge is 2.32. The van der Waals surface area contributed by atoms with Crippen LogP contribution in [-0.4, -0.2) is 40.3 Å². The number of hydrogen-bond donors (Lipinski definition) is 0. The average Bonchev–Trinajstić information content (AvgIpc) is 2.87. The number of aromatic nitrogens is 2. The SMILES string of the molecule is O=C1C2=CC(c3ccc(OC(F)(F)F)cc3)CC=C2OCCN1Cc1ncccn1. The molecule has 1 aromatic carbocycles. The predicted octanol–water partition coefficient (Wildman–Crippen LogP) is 3.73. The summed E-state index contributed by atoms with van der Waals surface area (Å²) >= 11 is 0. The molecule has 1 atom stereocenters. The lowest BCUT2D eigenvalue weighted by molar-refractivity contribution is -0.274. The van der Waals surface area contributed by atoms with Crippen LogP contribution in [0.25, 0.3) is 0 Å². The molecule has 4 rings (SSSR count). The molecular formula is C21H18F3N3O3. The Labute approximate surface area is 170 Å². The molecule has 0 radical (unpaired) electrons. The van der Waals surface area contributed by atoms with Crippen LogP contribution in [0.4, 0.5) is 13.2 Å². The standard InChI is InChI=1S/C21H18F3N3O3/c22-21(23,24)30-16-5-2-14(3-6-16)15-4-7-18-17(12-15)20(28)27(10-11-29-18)13-19-25-8-1-9-26-19/h1-3,5-9,12,15H,4,10-11,13H2. The molecule has 0 saturated carbocycles. The first-order chi connectivity index (χ1) is 14.4. The van der Waals surface area contributed by atoms with Crippen molar-refractivity contribution in [1.82, 2.24) is 14.9 Å². The number of ether oxygens (including phenoxy) is 2. The Morgan fingerprint density at radius 1 is 1.17 bits per heavy atom. The van der Waals surface area contributed by atoms with E-state index in [0.717, 1.165) is 5.56 Å². The Morgan fingerprint density at radius 3 is 2.60 bits per heavy atom. The van der Waals surface area contributed by atoms with Gasteiger partial charge >= 0.3 is 6.36 Å². The summed E-state index contributed by atoms with van der Waals surface area (Å²) in [6.45, 7) is 1.03. The van der Waals surface area contributed by atoms with E-state index in [0.29, 0.717) is 36.7 Å². The lowest BCUT2D eigenvalue weighted by Gasteiger charge is -2.22. The highest BCUT2D eigenvalue weighted by molar-refractivity contribution is 5.98. The Morgan fingerprint density at radius 2 is 1.90 bits per heavy atom. The van der Waals surface area contributed by atoms with Gasteiger partial charge in [0.05, 0.1) is 18.7 Å². The molecule has 1 unspecified atom stereocenters. The van der Waals surface area contributed by atoms with Gasteiger partial charge in [0.1, 0.15) is 23.9 Å². The molecule has 0 N–H and O–H groups in total. The third kappa shape index (κ3) is 4.61. The fourth-order valence-electron chi connectivity index (χ4n) is 3.43. The van der Waals surface area contributed by atoms with Gasteiger partial charge in [-0.1, -0.05) is 18.2 Å². The van der Waals surface area contributed by atoms with Crippen LogP contribution in [0.15, 0.2) is 66.2 Å². The van der Waals surface area contributed by atoms with E-state index in [1.54, 1.807) is 35.5 Å². The smallest absolute Gasteiger partial charge is 0.491 e. The van der Waals surface area contributed by atoms with Crippen molar-refractivity contribution >= 4 is 5.91 Å². The van der Waals surface area contributed by atoms with E-state index in [9.17, 15) is 18.0 Å². The zero-order valence-electron chi connectivity index (χ0n) is 15.8. The highest BCUT2D eigenvalue weighted by atomic mass is 19.4. The lowest BCUT2D eigenvalue weighted by atomic mass is 9.88. The first-order valence-corrected chi connectivity index (χ1v) is 9.35. The van der Waals surface area contributed by atoms with E-state index < -0.39 is 6.36 Å². The Bertz CT molecular complexity index is 972. The second-order valence-electron chi connectivity index (χ2n) is 6.85. The number of carbonyl (C=O) groups is 1. The van der Waals surface area contributed by atoms with Crippen molar-refractivity contribution in [3.05, 3.63) is 77.6 Å². The number of fused-ring (bicyclic) bond motifs is 1. The minimum atomic E-state index is -4.73. The van der Waals surface area contributed by atoms with Crippen molar-refractivity contribution in [2.24, 2.45) is 0 Å². The van der Waals surface area contributed by atoms with E-state index in [2.05, 4.69) is 14.7 Å². The molecule has 156 valence electrons. The van der Waals surface area contributed by atoms with Crippen molar-refractivity contribution in [3.8, 4) is 5.75 Å². The van der Waals surface area contributed by atoms with Crippen LogP contribution in [0.3, 0.4) is 0 Å². The van der Waals surface area contributed by atoms with Crippen LogP contribution in [-0.2, 0) is 16.1 Å². The molecule has 2 heterocycles. The summed E-state index contributed by atoms with van der Waals surface area (Å²) in [5.41, 5.74) is 1.22. The Hall–Kier alpha value is -3.36. The van der Waals surface area contributed by atoms with Crippen molar-refractivity contribution in [3.63, 3.8) is 0 Å². The van der Waals surface area contributed by atoms with E-state index in [1.807, 2.05) is 12.2 Å². The Balaban J connectivity index is 1.53. The first-order valence-electron chi connectivity index (χ1n) is 9.35. The quantitative estimate of drug-likeness (QED) is 0.759. The second kappa shape index (κ2) is 8.17. The number of nitrogens with zero attached hydrogens (tertiary/aromatic N) is 3. The summed E-state index contributed by atoms with van der Waals surface area (Å²) in [6.07, 6.45) is 2.74. The van der Waals surface area contributed by atoms with Gasteiger partial charge < -0.3 is 14.4 Å². The van der Waals surface area contributed by atoms with Gasteiger partial charge in [-0.2, -0.15) is 0 Å². The van der Waals surface area contributed by atoms with Crippen LogP contribution >= 0.6 is 0 Å². The summed E-state index contributed by atoms with van der Waals surface area (Å²) in [5.74, 6) is 0.433. The molecule has 30 heavy (non-hydrogen) atoms. The Kier molecular flexibility index (Phi) is 5.43. The van der Waals surface area contributed by atoms with Crippen molar-refractivity contribution < 1.29 is 27.4 Å². The van der Waals surface area contributed by atoms with Crippen LogP contribution in [0.2, 0.25) is 0 Å². The monoisotopic (exact) mass is 417 g/mol. The van der Waals surface area contributed by atoms with E-state index in [-0.39, 0.29) is 24.1 Å². The molecule has 1 aliphatic heterocycles. The number of hydrogen-bond acceptors (Lipinski definition) is 5.